The van der Waals surface area contributed by atoms with Crippen molar-refractivity contribution in [1.29, 1.82) is 0 Å². The van der Waals surface area contributed by atoms with Crippen molar-refractivity contribution in [3.63, 3.8) is 0 Å². The van der Waals surface area contributed by atoms with Gasteiger partial charge < -0.3 is 21.1 Å². The van der Waals surface area contributed by atoms with Crippen molar-refractivity contribution in [3.05, 3.63) is 16.7 Å². The molecule has 4 rings (SSSR count). The summed E-state index contributed by atoms with van der Waals surface area (Å²) in [6.45, 7) is 1.29. The lowest BCUT2D eigenvalue weighted by molar-refractivity contribution is -0.150. The molecule has 2 aromatic rings. The van der Waals surface area contributed by atoms with Crippen LogP contribution in [0.2, 0.25) is 0 Å². The van der Waals surface area contributed by atoms with Crippen LogP contribution in [0, 0.1) is 0 Å². The zero-order valence-electron chi connectivity index (χ0n) is 21.5. The number of thiazole rings is 1. The molecule has 4 N–H and O–H groups in total. The quantitative estimate of drug-likeness (QED) is 0.0948. The summed E-state index contributed by atoms with van der Waals surface area (Å²) in [6.07, 6.45) is -0.197. The molecule has 0 radical (unpaired) electrons. The van der Waals surface area contributed by atoms with Crippen LogP contribution in [0.3, 0.4) is 0 Å². The summed E-state index contributed by atoms with van der Waals surface area (Å²) >= 11 is 3.74. The van der Waals surface area contributed by atoms with E-state index >= 15 is 0 Å². The Bertz CT molecular complexity index is 1360. The van der Waals surface area contributed by atoms with Crippen LogP contribution in [0.1, 0.15) is 0 Å². The van der Waals surface area contributed by atoms with Crippen molar-refractivity contribution in [2.45, 2.75) is 23.1 Å². The first-order chi connectivity index (χ1) is 19.1. The summed E-state index contributed by atoms with van der Waals surface area (Å²) in [4.78, 5) is 62.1. The molecule has 2 atom stereocenters. The number of β-lactam (4-membered cyclic amide) rings is 1. The zero-order chi connectivity index (χ0) is 29.0. The van der Waals surface area contributed by atoms with Crippen LogP contribution < -0.4 is 16.0 Å². The lowest BCUT2D eigenvalue weighted by Crippen LogP contribution is -2.70. The first-order valence-corrected chi connectivity index (χ1v) is 14.4. The number of carboxylic acid groups (broad SMARTS) is 1. The van der Waals surface area contributed by atoms with E-state index in [1.54, 1.807) is 10.1 Å². The number of anilines is 2. The van der Waals surface area contributed by atoms with Crippen LogP contribution in [0.25, 0.3) is 0 Å². The van der Waals surface area contributed by atoms with E-state index in [4.69, 9.17) is 5.73 Å². The van der Waals surface area contributed by atoms with E-state index in [-0.39, 0.29) is 22.4 Å². The van der Waals surface area contributed by atoms with E-state index in [0.29, 0.717) is 29.2 Å². The standard InChI is InChI=1S/C20H25N11O6S3/c1-28(2)4-5-30-19(25-26-27-30)40-8-10-7-38-16-13(15(33)31(16)14(10)17(34)35)24-12(32)6-22-37-20(36)29(3)11-9-39-18(21)23-11/h6,9,13,16H,4-5,7-8H2,1-3H3,(H2,21,23)(H,24,32)(H,34,35)/b22-6+. The van der Waals surface area contributed by atoms with Gasteiger partial charge in [-0.25, -0.2) is 19.3 Å². The van der Waals surface area contributed by atoms with E-state index in [9.17, 15) is 24.3 Å². The van der Waals surface area contributed by atoms with Crippen molar-refractivity contribution in [2.24, 2.45) is 5.16 Å². The number of tetrazole rings is 1. The number of oxime groups is 1. The van der Waals surface area contributed by atoms with Crippen molar-refractivity contribution in [1.82, 2.24) is 40.3 Å². The number of rotatable bonds is 11. The third-order valence-corrected chi connectivity index (χ3v) is 8.65. The van der Waals surface area contributed by atoms with Gasteiger partial charge >= 0.3 is 12.1 Å². The Morgan fingerprint density at radius 1 is 1.38 bits per heavy atom. The maximum atomic E-state index is 12.9. The number of thioether (sulfide) groups is 2. The molecule has 2 aliphatic heterocycles. The molecule has 1 saturated heterocycles. The van der Waals surface area contributed by atoms with Crippen LogP contribution in [0.4, 0.5) is 15.7 Å². The molecular formula is C20H25N11O6S3. The number of nitrogen functional groups attached to an aromatic ring is 1. The highest BCUT2D eigenvalue weighted by Crippen LogP contribution is 2.41. The molecule has 214 valence electrons. The number of likely N-dealkylation sites (N-methyl/N-ethyl adjacent to an activating group) is 1. The summed E-state index contributed by atoms with van der Waals surface area (Å²) in [5.41, 5.74) is 5.96. The Hall–Kier alpha value is -3.75. The van der Waals surface area contributed by atoms with Gasteiger partial charge in [0.1, 0.15) is 23.3 Å². The van der Waals surface area contributed by atoms with Gasteiger partial charge in [0, 0.05) is 30.5 Å². The van der Waals surface area contributed by atoms with Gasteiger partial charge in [-0.05, 0) is 30.1 Å². The number of carboxylic acids is 1. The second kappa shape index (κ2) is 12.6. The Morgan fingerprint density at radius 2 is 2.15 bits per heavy atom. The molecule has 40 heavy (non-hydrogen) atoms. The average molecular weight is 612 g/mol. The molecule has 2 aliphatic rings. The van der Waals surface area contributed by atoms with Gasteiger partial charge in [0.15, 0.2) is 10.9 Å². The van der Waals surface area contributed by atoms with Crippen LogP contribution in [0.5, 0.6) is 0 Å². The fourth-order valence-electron chi connectivity index (χ4n) is 3.58. The van der Waals surface area contributed by atoms with E-state index in [1.165, 1.54) is 30.6 Å². The Labute approximate surface area is 239 Å². The fraction of sp³-hybridized carbons (Fsp3) is 0.450. The topological polar surface area (TPSA) is 214 Å². The summed E-state index contributed by atoms with van der Waals surface area (Å²) < 4.78 is 1.64. The minimum absolute atomic E-state index is 0.118. The third kappa shape index (κ3) is 6.51. The lowest BCUT2D eigenvalue weighted by Gasteiger charge is -2.49. The Morgan fingerprint density at radius 3 is 2.83 bits per heavy atom. The molecule has 0 aliphatic carbocycles. The molecular weight excluding hydrogens is 586 g/mol. The van der Waals surface area contributed by atoms with Gasteiger partial charge in [-0.1, -0.05) is 16.9 Å². The molecule has 1 fully saturated rings. The van der Waals surface area contributed by atoms with Crippen LogP contribution in [0.15, 0.2) is 27.0 Å². The molecule has 4 heterocycles. The molecule has 2 aromatic heterocycles. The van der Waals surface area contributed by atoms with E-state index < -0.39 is 35.3 Å². The van der Waals surface area contributed by atoms with Crippen molar-refractivity contribution in [2.75, 3.05) is 49.8 Å². The molecule has 17 nitrogen and oxygen atoms in total. The summed E-state index contributed by atoms with van der Waals surface area (Å²) in [5, 5.41) is 29.1. The van der Waals surface area contributed by atoms with Gasteiger partial charge in [0.05, 0.1) is 6.54 Å². The van der Waals surface area contributed by atoms with Crippen molar-refractivity contribution in [3.8, 4) is 0 Å². The molecule has 0 bridgehead atoms. The lowest BCUT2D eigenvalue weighted by atomic mass is 10.0. The highest BCUT2D eigenvalue weighted by Gasteiger charge is 2.54. The number of fused-ring (bicyclic) bond motifs is 1. The minimum Gasteiger partial charge on any atom is -0.477 e. The highest BCUT2D eigenvalue weighted by molar-refractivity contribution is 8.01. The molecule has 3 amide bonds. The number of nitrogens with two attached hydrogens (primary N) is 1. The van der Waals surface area contributed by atoms with Crippen LogP contribution in [-0.2, 0) is 25.8 Å². The van der Waals surface area contributed by atoms with Gasteiger partial charge in [0.25, 0.3) is 11.8 Å². The van der Waals surface area contributed by atoms with Gasteiger partial charge in [-0.15, -0.1) is 28.2 Å². The third-order valence-electron chi connectivity index (χ3n) is 5.61. The monoisotopic (exact) mass is 611 g/mol. The number of carbonyl (C=O) groups is 4. The summed E-state index contributed by atoms with van der Waals surface area (Å²) in [7, 11) is 5.25. The molecule has 2 unspecified atom stereocenters. The maximum Gasteiger partial charge on any atom is 0.441 e. The molecule has 0 saturated carbocycles. The number of hydrogen-bond acceptors (Lipinski definition) is 15. The molecule has 0 spiro atoms. The van der Waals surface area contributed by atoms with Gasteiger partial charge in [0.2, 0.25) is 5.16 Å². The number of hydrogen-bond donors (Lipinski definition) is 3. The Kier molecular flexibility index (Phi) is 9.22. The van der Waals surface area contributed by atoms with Crippen molar-refractivity contribution >= 4 is 75.9 Å². The predicted molar refractivity (Wildman–Crippen MR) is 147 cm³/mol. The second-order valence-electron chi connectivity index (χ2n) is 8.62. The fourth-order valence-corrected chi connectivity index (χ4v) is 6.55. The van der Waals surface area contributed by atoms with E-state index in [2.05, 4.69) is 35.8 Å². The van der Waals surface area contributed by atoms with E-state index in [1.807, 2.05) is 19.0 Å². The van der Waals surface area contributed by atoms with Gasteiger partial charge in [-0.2, -0.15) is 0 Å². The predicted octanol–water partition coefficient (Wildman–Crippen LogP) is -0.637. The normalized spacial score (nSPS) is 18.6. The largest absolute Gasteiger partial charge is 0.477 e. The number of nitrogens with one attached hydrogen (secondary N) is 1. The molecule has 0 aromatic carbocycles. The van der Waals surface area contributed by atoms with E-state index in [0.717, 1.165) is 27.7 Å². The smallest absolute Gasteiger partial charge is 0.441 e. The first kappa shape index (κ1) is 29.2. The van der Waals surface area contributed by atoms with Crippen LogP contribution >= 0.6 is 34.9 Å². The van der Waals surface area contributed by atoms with Crippen LogP contribution in [-0.4, -0.2) is 121 Å². The number of carbonyl (C=O) groups excluding carboxylic acids is 3. The average Bonchev–Trinajstić information content (AvgIpc) is 3.56. The van der Waals surface area contributed by atoms with Gasteiger partial charge in [-0.3, -0.25) is 24.2 Å². The maximum absolute atomic E-state index is 12.9. The zero-order valence-corrected chi connectivity index (χ0v) is 23.9. The molecule has 20 heteroatoms. The second-order valence-corrected chi connectivity index (χ2v) is 11.6. The number of aliphatic carboxylic acids is 1. The summed E-state index contributed by atoms with van der Waals surface area (Å²) in [5.74, 6) is -1.76. The number of amides is 3. The minimum atomic E-state index is -1.24. The number of nitrogens with zero attached hydrogens (tertiary/aromatic N) is 9. The SMILES string of the molecule is CN(C)CCn1nnnc1SCC1=C(C(=O)O)N2C(=O)C(NC(=O)/C=N/OC(=O)N(C)c3csc(N)n3)C2SC1. The first-order valence-electron chi connectivity index (χ1n) is 11.5. The van der Waals surface area contributed by atoms with Crippen molar-refractivity contribution < 1.29 is 29.1 Å². The highest BCUT2D eigenvalue weighted by atomic mass is 32.2. The summed E-state index contributed by atoms with van der Waals surface area (Å²) in [6, 6.07) is -0.970. The Balaban J connectivity index is 1.33. The number of aromatic nitrogens is 5.